The van der Waals surface area contributed by atoms with Crippen LogP contribution in [-0.2, 0) is 23.9 Å². The van der Waals surface area contributed by atoms with Gasteiger partial charge in [0.2, 0.25) is 0 Å². The zero-order chi connectivity index (χ0) is 19.8. The third-order valence-electron chi connectivity index (χ3n) is 3.71. The summed E-state index contributed by atoms with van der Waals surface area (Å²) >= 11 is 1.20. The average molecular weight is 412 g/mol. The van der Waals surface area contributed by atoms with Crippen molar-refractivity contribution in [3.8, 4) is 5.75 Å². The first-order valence-corrected chi connectivity index (χ1v) is 10.4. The number of carbonyl (C=O) groups excluding carboxylic acids is 1. The first-order chi connectivity index (χ1) is 12.7. The van der Waals surface area contributed by atoms with Crippen LogP contribution in [0.5, 0.6) is 5.75 Å². The van der Waals surface area contributed by atoms with Gasteiger partial charge >= 0.3 is 16.1 Å². The van der Waals surface area contributed by atoms with Crippen molar-refractivity contribution in [2.24, 2.45) is 4.99 Å². The highest BCUT2D eigenvalue weighted by molar-refractivity contribution is 8.15. The largest absolute Gasteiger partial charge is 0.487 e. The Hall–Kier alpha value is -2.53. The monoisotopic (exact) mass is 412 g/mol. The topological polar surface area (TPSA) is 123 Å². The standard InChI is InChI=1S/C16H16N2O7S2/c1-9(25-27(2,22)23)13(16(20)21)18-14(19)12-15(18)26-11(17-12)8-24-10-6-4-3-5-7-10/h3-7,12,15H,8H2,1-2H3,(H,20,21). The van der Waals surface area contributed by atoms with Crippen LogP contribution >= 0.6 is 11.8 Å². The van der Waals surface area contributed by atoms with Crippen molar-refractivity contribution in [2.45, 2.75) is 18.3 Å². The van der Waals surface area contributed by atoms with Crippen LogP contribution in [0.3, 0.4) is 0 Å². The number of aliphatic carboxylic acids is 1. The number of carboxylic acids is 1. The number of likely N-dealkylation sites (tertiary alicyclic amines) is 1. The molecule has 3 rings (SSSR count). The van der Waals surface area contributed by atoms with Gasteiger partial charge in [0, 0.05) is 0 Å². The molecule has 1 N–H and O–H groups in total. The Labute approximate surface area is 159 Å². The van der Waals surface area contributed by atoms with Crippen molar-refractivity contribution in [1.29, 1.82) is 0 Å². The molecule has 1 saturated heterocycles. The summed E-state index contributed by atoms with van der Waals surface area (Å²) in [4.78, 5) is 29.2. The number of carbonyl (C=O) groups is 2. The van der Waals surface area contributed by atoms with Gasteiger partial charge in [-0.3, -0.25) is 14.7 Å². The van der Waals surface area contributed by atoms with E-state index in [1.165, 1.54) is 18.7 Å². The highest BCUT2D eigenvalue weighted by Gasteiger charge is 2.55. The Bertz CT molecular complexity index is 941. The van der Waals surface area contributed by atoms with E-state index in [2.05, 4.69) is 9.18 Å². The number of ether oxygens (including phenoxy) is 1. The summed E-state index contributed by atoms with van der Waals surface area (Å²) in [7, 11) is -3.92. The van der Waals surface area contributed by atoms with Crippen LogP contribution in [0.4, 0.5) is 0 Å². The molecule has 27 heavy (non-hydrogen) atoms. The van der Waals surface area contributed by atoms with E-state index >= 15 is 0 Å². The number of carboxylic acid groups (broad SMARTS) is 1. The molecule has 9 nitrogen and oxygen atoms in total. The van der Waals surface area contributed by atoms with Gasteiger partial charge in [-0.1, -0.05) is 30.0 Å². The van der Waals surface area contributed by atoms with Gasteiger partial charge in [-0.15, -0.1) is 0 Å². The number of hydrogen-bond acceptors (Lipinski definition) is 8. The van der Waals surface area contributed by atoms with Crippen LogP contribution in [-0.4, -0.2) is 59.6 Å². The fraction of sp³-hybridized carbons (Fsp3) is 0.312. The van der Waals surface area contributed by atoms with Crippen molar-refractivity contribution >= 4 is 38.8 Å². The molecular formula is C16H16N2O7S2. The van der Waals surface area contributed by atoms with Crippen LogP contribution in [0.25, 0.3) is 0 Å². The molecule has 0 aliphatic carbocycles. The number of aliphatic imine (C=N–C) groups is 1. The maximum Gasteiger partial charge on any atom is 0.356 e. The molecule has 1 amide bonds. The molecule has 2 atom stereocenters. The van der Waals surface area contributed by atoms with Crippen LogP contribution in [0.1, 0.15) is 6.92 Å². The lowest BCUT2D eigenvalue weighted by atomic mass is 10.1. The summed E-state index contributed by atoms with van der Waals surface area (Å²) in [5.74, 6) is -1.73. The molecule has 2 unspecified atom stereocenters. The van der Waals surface area contributed by atoms with E-state index in [0.717, 1.165) is 11.2 Å². The minimum atomic E-state index is -3.92. The van der Waals surface area contributed by atoms with Crippen LogP contribution in [0.15, 0.2) is 46.8 Å². The number of para-hydroxylation sites is 1. The molecule has 144 valence electrons. The normalized spacial score (nSPS) is 22.4. The van der Waals surface area contributed by atoms with Gasteiger partial charge < -0.3 is 14.0 Å². The Balaban J connectivity index is 1.73. The average Bonchev–Trinajstić information content (AvgIpc) is 2.96. The summed E-state index contributed by atoms with van der Waals surface area (Å²) in [6.45, 7) is 1.33. The zero-order valence-corrected chi connectivity index (χ0v) is 16.0. The third-order valence-corrected chi connectivity index (χ3v) is 5.47. The predicted octanol–water partition coefficient (Wildman–Crippen LogP) is 1.04. The number of hydrogen-bond donors (Lipinski definition) is 1. The maximum atomic E-state index is 12.3. The van der Waals surface area contributed by atoms with E-state index in [1.807, 2.05) is 18.2 Å². The van der Waals surface area contributed by atoms with Gasteiger partial charge in [-0.25, -0.2) is 4.79 Å². The molecule has 0 spiro atoms. The highest BCUT2D eigenvalue weighted by Crippen LogP contribution is 2.42. The predicted molar refractivity (Wildman–Crippen MR) is 97.6 cm³/mol. The Morgan fingerprint density at radius 1 is 1.33 bits per heavy atom. The zero-order valence-electron chi connectivity index (χ0n) is 14.4. The van der Waals surface area contributed by atoms with Crippen LogP contribution in [0, 0.1) is 0 Å². The molecule has 1 fully saturated rings. The van der Waals surface area contributed by atoms with E-state index in [1.54, 1.807) is 12.1 Å². The van der Waals surface area contributed by atoms with Crippen molar-refractivity contribution < 1.29 is 32.0 Å². The second kappa shape index (κ2) is 7.24. The molecule has 0 radical (unpaired) electrons. The number of rotatable bonds is 7. The molecule has 0 saturated carbocycles. The number of amides is 1. The van der Waals surface area contributed by atoms with E-state index in [4.69, 9.17) is 4.74 Å². The van der Waals surface area contributed by atoms with Gasteiger partial charge in [-0.05, 0) is 19.1 Å². The van der Waals surface area contributed by atoms with Crippen molar-refractivity contribution in [1.82, 2.24) is 4.90 Å². The molecule has 11 heteroatoms. The summed E-state index contributed by atoms with van der Waals surface area (Å²) in [6.07, 6.45) is 0.795. The summed E-state index contributed by atoms with van der Waals surface area (Å²) in [5, 5.41) is 9.41. The van der Waals surface area contributed by atoms with E-state index in [9.17, 15) is 23.1 Å². The minimum Gasteiger partial charge on any atom is -0.487 e. The lowest BCUT2D eigenvalue weighted by Crippen LogP contribution is -2.61. The highest BCUT2D eigenvalue weighted by atomic mass is 32.2. The Morgan fingerprint density at radius 2 is 2.00 bits per heavy atom. The summed E-state index contributed by atoms with van der Waals surface area (Å²) < 4.78 is 32.8. The van der Waals surface area contributed by atoms with Crippen molar-refractivity contribution in [3.63, 3.8) is 0 Å². The van der Waals surface area contributed by atoms with Gasteiger partial charge in [0.1, 0.15) is 28.5 Å². The summed E-state index contributed by atoms with van der Waals surface area (Å²) in [5.41, 5.74) is -0.514. The number of fused-ring (bicyclic) bond motifs is 1. The van der Waals surface area contributed by atoms with Gasteiger partial charge in [0.25, 0.3) is 5.91 Å². The molecule has 1 aromatic carbocycles. The molecule has 1 aromatic rings. The smallest absolute Gasteiger partial charge is 0.356 e. The molecule has 2 aliphatic heterocycles. The summed E-state index contributed by atoms with van der Waals surface area (Å²) in [6, 6.07) is 8.34. The first-order valence-electron chi connectivity index (χ1n) is 7.75. The minimum absolute atomic E-state index is 0.147. The fourth-order valence-corrected chi connectivity index (χ4v) is 4.40. The van der Waals surface area contributed by atoms with E-state index in [0.29, 0.717) is 10.8 Å². The fourth-order valence-electron chi connectivity index (χ4n) is 2.67. The number of thioether (sulfide) groups is 1. The third kappa shape index (κ3) is 4.08. The molecule has 0 bridgehead atoms. The van der Waals surface area contributed by atoms with Crippen molar-refractivity contribution in [2.75, 3.05) is 12.9 Å². The quantitative estimate of drug-likeness (QED) is 0.305. The Morgan fingerprint density at radius 3 is 2.59 bits per heavy atom. The van der Waals surface area contributed by atoms with Gasteiger partial charge in [-0.2, -0.15) is 8.42 Å². The molecule has 0 aromatic heterocycles. The number of nitrogens with zero attached hydrogens (tertiary/aromatic N) is 2. The van der Waals surface area contributed by atoms with Crippen LogP contribution in [0.2, 0.25) is 0 Å². The number of β-lactam (4-membered cyclic amide) rings is 1. The molecular weight excluding hydrogens is 396 g/mol. The SMILES string of the molecule is CC(OS(C)(=O)=O)=C(C(=O)O)N1C(=O)C2N=C(COc3ccccc3)SC21. The second-order valence-electron chi connectivity index (χ2n) is 5.78. The molecule has 2 heterocycles. The maximum absolute atomic E-state index is 12.3. The van der Waals surface area contributed by atoms with E-state index < -0.39 is 39.1 Å². The van der Waals surface area contributed by atoms with Crippen molar-refractivity contribution in [3.05, 3.63) is 41.8 Å². The lowest BCUT2D eigenvalue weighted by molar-refractivity contribution is -0.147. The molecule has 2 aliphatic rings. The number of benzene rings is 1. The van der Waals surface area contributed by atoms with Crippen LogP contribution < -0.4 is 4.74 Å². The van der Waals surface area contributed by atoms with Gasteiger partial charge in [0.15, 0.2) is 11.7 Å². The number of allylic oxidation sites excluding steroid dienone is 1. The first kappa shape index (κ1) is 19.2. The second-order valence-corrected chi connectivity index (χ2v) is 8.55. The lowest BCUT2D eigenvalue weighted by Gasteiger charge is -2.41. The van der Waals surface area contributed by atoms with Gasteiger partial charge in [0.05, 0.1) is 6.26 Å². The van der Waals surface area contributed by atoms with E-state index in [-0.39, 0.29) is 12.4 Å². The Kier molecular flexibility index (Phi) is 5.16.